The number of rotatable bonds is 5. The van der Waals surface area contributed by atoms with Crippen LogP contribution in [0.2, 0.25) is 0 Å². The van der Waals surface area contributed by atoms with Gasteiger partial charge in [-0.3, -0.25) is 14.1 Å². The second kappa shape index (κ2) is 7.76. The summed E-state index contributed by atoms with van der Waals surface area (Å²) in [5.74, 6) is -1.75. The number of amides is 2. The van der Waals surface area contributed by atoms with Crippen LogP contribution in [0, 0.1) is 0 Å². The maximum atomic E-state index is 12.2. The van der Waals surface area contributed by atoms with Gasteiger partial charge in [-0.1, -0.05) is 5.16 Å². The number of aromatic nitrogens is 1. The molecule has 2 amide bonds. The zero-order chi connectivity index (χ0) is 17.4. The Morgan fingerprint density at radius 1 is 1.62 bits per heavy atom. The van der Waals surface area contributed by atoms with E-state index in [0.29, 0.717) is 0 Å². The van der Waals surface area contributed by atoms with Crippen LogP contribution in [0.15, 0.2) is 10.5 Å². The number of carbonyl (C=O) groups excluding carboxylic acids is 2. The fraction of sp³-hybridized carbons (Fsp3) is 0.400. The molecular weight excluding hydrogens is 373 g/mol. The Balaban J connectivity index is 0.00000288. The van der Waals surface area contributed by atoms with E-state index in [1.54, 1.807) is 0 Å². The van der Waals surface area contributed by atoms with E-state index >= 15 is 0 Å². The van der Waals surface area contributed by atoms with Gasteiger partial charge >= 0.3 is 39.9 Å². The Kier molecular flexibility index (Phi) is 6.72. The molecule has 2 rings (SSSR count). The topological polar surface area (TPSA) is 164 Å². The number of nitrogens with two attached hydrogens (primary N) is 1. The van der Waals surface area contributed by atoms with Crippen LogP contribution in [0.1, 0.15) is 14.0 Å². The number of anilines is 1. The number of thiazole rings is 1. The number of nitrogens with zero attached hydrogens (tertiary/aromatic N) is 3. The van der Waals surface area contributed by atoms with Crippen LogP contribution < -0.4 is 40.6 Å². The molecule has 1 aliphatic rings. The molecule has 2 atom stereocenters. The molecule has 1 aromatic heterocycles. The zero-order valence-corrected chi connectivity index (χ0v) is 16.6. The first kappa shape index (κ1) is 20.8. The van der Waals surface area contributed by atoms with Gasteiger partial charge in [0.25, 0.3) is 11.8 Å². The van der Waals surface area contributed by atoms with Crippen LogP contribution in [0.4, 0.5) is 5.13 Å². The Bertz CT molecular complexity index is 785. The van der Waals surface area contributed by atoms with Crippen LogP contribution >= 0.6 is 11.3 Å². The molecule has 2 heterocycles. The van der Waals surface area contributed by atoms with Crippen molar-refractivity contribution >= 4 is 44.3 Å². The van der Waals surface area contributed by atoms with E-state index in [0.717, 1.165) is 11.3 Å². The Hall–Kier alpha value is -1.25. The van der Waals surface area contributed by atoms with Crippen LogP contribution in [0.3, 0.4) is 0 Å². The van der Waals surface area contributed by atoms with E-state index in [4.69, 9.17) is 10.3 Å². The largest absolute Gasteiger partial charge is 1.00 e. The van der Waals surface area contributed by atoms with Gasteiger partial charge in [0, 0.05) is 5.38 Å². The summed E-state index contributed by atoms with van der Waals surface area (Å²) in [7, 11) is -3.44. The van der Waals surface area contributed by atoms with E-state index in [-0.39, 0.29) is 51.8 Å². The minimum Gasteiger partial charge on any atom is -1.00 e. The molecular formula is C10H14N5NaO6S2. The number of β-lactam (4-membered cyclic amide) rings is 1. The standard InChI is InChI=1S/C10H13N5O6S2.Na.H/c1-4-6(9(17)15(4)23(18,19)20)13-8(16)7(14-21-2)5-3-22-10(11)12-5;;/h3-4,6H,1-2H3,(H2,11,12)(H,13,16)(H,18,19,20);;/q;+1;-1/b14-7-;;. The molecule has 11 nitrogen and oxygen atoms in total. The number of hydrogen-bond donors (Lipinski definition) is 3. The Morgan fingerprint density at radius 2 is 2.25 bits per heavy atom. The van der Waals surface area contributed by atoms with Gasteiger partial charge < -0.3 is 17.3 Å². The van der Waals surface area contributed by atoms with Crippen molar-refractivity contribution in [1.29, 1.82) is 0 Å². The van der Waals surface area contributed by atoms with Gasteiger partial charge in [-0.15, -0.1) is 11.3 Å². The van der Waals surface area contributed by atoms with Crippen molar-refractivity contribution in [2.24, 2.45) is 5.16 Å². The Morgan fingerprint density at radius 3 is 2.67 bits per heavy atom. The van der Waals surface area contributed by atoms with Crippen molar-refractivity contribution in [3.8, 4) is 0 Å². The Labute approximate surface area is 164 Å². The van der Waals surface area contributed by atoms with Gasteiger partial charge in [-0.05, 0) is 6.92 Å². The molecule has 0 radical (unpaired) electrons. The van der Waals surface area contributed by atoms with Crippen LogP contribution in [0.25, 0.3) is 0 Å². The molecule has 24 heavy (non-hydrogen) atoms. The average molecular weight is 387 g/mol. The number of oxime groups is 1. The molecule has 14 heteroatoms. The maximum Gasteiger partial charge on any atom is 1.00 e. The molecule has 0 bridgehead atoms. The molecule has 4 N–H and O–H groups in total. The number of carbonyl (C=O) groups is 2. The maximum absolute atomic E-state index is 12.2. The van der Waals surface area contributed by atoms with Gasteiger partial charge in [-0.2, -0.15) is 8.42 Å². The van der Waals surface area contributed by atoms with Crippen molar-refractivity contribution < 1.29 is 58.4 Å². The molecule has 1 fully saturated rings. The fourth-order valence-corrected chi connectivity index (χ4v) is 3.44. The van der Waals surface area contributed by atoms with Crippen molar-refractivity contribution in [2.75, 3.05) is 12.8 Å². The molecule has 1 aliphatic heterocycles. The summed E-state index contributed by atoms with van der Waals surface area (Å²) in [4.78, 5) is 32.4. The van der Waals surface area contributed by atoms with Crippen LogP contribution in [-0.2, 0) is 24.7 Å². The smallest absolute Gasteiger partial charge is 1.00 e. The van der Waals surface area contributed by atoms with Gasteiger partial charge in [0.15, 0.2) is 10.8 Å². The monoisotopic (exact) mass is 387 g/mol. The summed E-state index contributed by atoms with van der Waals surface area (Å²) in [5, 5.41) is 7.54. The van der Waals surface area contributed by atoms with Gasteiger partial charge in [0.05, 0.1) is 6.04 Å². The van der Waals surface area contributed by atoms with Crippen molar-refractivity contribution in [3.05, 3.63) is 11.1 Å². The summed E-state index contributed by atoms with van der Waals surface area (Å²) in [6, 6.07) is -2.06. The van der Waals surface area contributed by atoms with E-state index in [9.17, 15) is 18.0 Å². The van der Waals surface area contributed by atoms with Gasteiger partial charge in [0.2, 0.25) is 0 Å². The van der Waals surface area contributed by atoms with E-state index in [2.05, 4.69) is 20.3 Å². The average Bonchev–Trinajstić information content (AvgIpc) is 2.86. The normalized spacial score (nSPS) is 20.9. The predicted molar refractivity (Wildman–Crippen MR) is 81.0 cm³/mol. The van der Waals surface area contributed by atoms with Crippen molar-refractivity contribution in [2.45, 2.75) is 19.0 Å². The molecule has 128 valence electrons. The first-order valence-corrected chi connectivity index (χ1v) is 8.38. The summed E-state index contributed by atoms with van der Waals surface area (Å²) in [5.41, 5.74) is 5.42. The first-order valence-electron chi connectivity index (χ1n) is 6.11. The summed E-state index contributed by atoms with van der Waals surface area (Å²) >= 11 is 1.08. The SMILES string of the molecule is CO/N=C(\C(=O)NC1C(=O)N(S(=O)(=O)O)C1C)c1csc(N)n1.[H-].[Na+]. The number of nitrogen functional groups attached to an aromatic ring is 1. The quantitative estimate of drug-likeness (QED) is 0.150. The van der Waals surface area contributed by atoms with Crippen LogP contribution in [0.5, 0.6) is 0 Å². The molecule has 1 saturated heterocycles. The summed E-state index contributed by atoms with van der Waals surface area (Å²) in [6.45, 7) is 1.36. The van der Waals surface area contributed by atoms with Crippen molar-refractivity contribution in [1.82, 2.24) is 14.6 Å². The third-order valence-electron chi connectivity index (χ3n) is 3.03. The zero-order valence-electron chi connectivity index (χ0n) is 14.0. The minimum atomic E-state index is -4.66. The third kappa shape index (κ3) is 4.04. The molecule has 0 saturated carbocycles. The molecule has 2 unspecified atom stereocenters. The third-order valence-corrected chi connectivity index (χ3v) is 4.72. The van der Waals surface area contributed by atoms with Crippen molar-refractivity contribution in [3.63, 3.8) is 0 Å². The summed E-state index contributed by atoms with van der Waals surface area (Å²) < 4.78 is 31.2. The van der Waals surface area contributed by atoms with E-state index in [1.807, 2.05) is 0 Å². The molecule has 0 aromatic carbocycles. The first-order chi connectivity index (χ1) is 10.7. The molecule has 0 spiro atoms. The second-order valence-corrected chi connectivity index (χ2v) is 6.68. The fourth-order valence-electron chi connectivity index (χ4n) is 2.01. The minimum absolute atomic E-state index is 0. The van der Waals surface area contributed by atoms with E-state index in [1.165, 1.54) is 19.4 Å². The molecule has 1 aromatic rings. The second-order valence-electron chi connectivity index (χ2n) is 4.50. The van der Waals surface area contributed by atoms with E-state index < -0.39 is 34.2 Å². The molecule has 0 aliphatic carbocycles. The number of hydrogen-bond acceptors (Lipinski definition) is 9. The van der Waals surface area contributed by atoms with Gasteiger partial charge in [-0.25, -0.2) is 9.29 Å². The predicted octanol–water partition coefficient (Wildman–Crippen LogP) is -4.29. The van der Waals surface area contributed by atoms with Crippen LogP contribution in [-0.4, -0.2) is 59.0 Å². The van der Waals surface area contributed by atoms with Gasteiger partial charge in [0.1, 0.15) is 18.8 Å². The number of nitrogens with one attached hydrogen (secondary N) is 1. The summed E-state index contributed by atoms with van der Waals surface area (Å²) in [6.07, 6.45) is 0.